The van der Waals surface area contributed by atoms with E-state index in [9.17, 15) is 13.2 Å². The minimum atomic E-state index is -4.00. The van der Waals surface area contributed by atoms with E-state index in [2.05, 4.69) is 11.0 Å². The van der Waals surface area contributed by atoms with Gasteiger partial charge in [0.1, 0.15) is 6.61 Å². The number of hydrogen-bond acceptors (Lipinski definition) is 6. The van der Waals surface area contributed by atoms with Crippen molar-refractivity contribution in [3.63, 3.8) is 0 Å². The molecule has 0 bridgehead atoms. The van der Waals surface area contributed by atoms with Crippen LogP contribution < -0.4 is 9.47 Å². The smallest absolute Gasteiger partial charge is 0.284 e. The lowest BCUT2D eigenvalue weighted by Crippen LogP contribution is -2.29. The highest BCUT2D eigenvalue weighted by atomic mass is 32.2. The Morgan fingerprint density at radius 1 is 1.03 bits per heavy atom. The van der Waals surface area contributed by atoms with Crippen molar-refractivity contribution < 1.29 is 22.7 Å². The number of thioether (sulfide) groups is 1. The summed E-state index contributed by atoms with van der Waals surface area (Å²) in [5.41, 5.74) is 2.65. The average Bonchev–Trinajstić information content (AvgIpc) is 3.17. The zero-order valence-corrected chi connectivity index (χ0v) is 22.1. The molecule has 1 aliphatic heterocycles. The third-order valence-electron chi connectivity index (χ3n) is 5.44. The van der Waals surface area contributed by atoms with Gasteiger partial charge in [-0.25, -0.2) is 0 Å². The maximum atomic E-state index is 13.1. The van der Waals surface area contributed by atoms with Crippen LogP contribution in [0.1, 0.15) is 16.7 Å². The van der Waals surface area contributed by atoms with Crippen molar-refractivity contribution in [2.45, 2.75) is 18.4 Å². The molecule has 4 rings (SSSR count). The first-order valence-corrected chi connectivity index (χ1v) is 13.6. The molecule has 1 fully saturated rings. The minimum Gasteiger partial charge on any atom is -0.493 e. The van der Waals surface area contributed by atoms with Crippen LogP contribution in [-0.4, -0.2) is 38.0 Å². The number of nitrogens with zero attached hydrogens (tertiary/aromatic N) is 2. The molecule has 0 radical (unpaired) electrons. The van der Waals surface area contributed by atoms with Gasteiger partial charge < -0.3 is 9.47 Å². The van der Waals surface area contributed by atoms with Crippen LogP contribution in [0.25, 0.3) is 6.08 Å². The topological polar surface area (TPSA) is 85.3 Å². The predicted molar refractivity (Wildman–Crippen MR) is 147 cm³/mol. The van der Waals surface area contributed by atoms with Crippen molar-refractivity contribution in [2.75, 3.05) is 13.7 Å². The summed E-state index contributed by atoms with van der Waals surface area (Å²) in [6.45, 7) is 6.06. The van der Waals surface area contributed by atoms with Gasteiger partial charge in [-0.05, 0) is 60.2 Å². The maximum absolute atomic E-state index is 13.1. The summed E-state index contributed by atoms with van der Waals surface area (Å²) in [5, 5.41) is 0.0755. The van der Waals surface area contributed by atoms with Crippen molar-refractivity contribution in [1.82, 2.24) is 4.90 Å². The lowest BCUT2D eigenvalue weighted by molar-refractivity contribution is -0.121. The van der Waals surface area contributed by atoms with Gasteiger partial charge >= 0.3 is 0 Å². The number of aryl methyl sites for hydroxylation is 1. The first-order valence-electron chi connectivity index (χ1n) is 11.4. The SMILES string of the molecule is C=CCN1C(=O)/C(=C/c2ccc(OCc3ccccc3)c(OC)c2)SC1=NS(=O)(=O)c1ccc(C)cc1. The monoisotopic (exact) mass is 534 g/mol. The molecule has 37 heavy (non-hydrogen) atoms. The number of methoxy groups -OCH3 is 1. The molecule has 1 aliphatic rings. The van der Waals surface area contributed by atoms with E-state index in [0.29, 0.717) is 28.6 Å². The van der Waals surface area contributed by atoms with Crippen molar-refractivity contribution in [1.29, 1.82) is 0 Å². The summed E-state index contributed by atoms with van der Waals surface area (Å²) in [6, 6.07) is 21.5. The molecule has 190 valence electrons. The fourth-order valence-electron chi connectivity index (χ4n) is 3.51. The fourth-order valence-corrected chi connectivity index (χ4v) is 5.70. The van der Waals surface area contributed by atoms with Gasteiger partial charge in [0, 0.05) is 6.54 Å². The molecule has 0 saturated carbocycles. The van der Waals surface area contributed by atoms with Gasteiger partial charge in [-0.15, -0.1) is 11.0 Å². The van der Waals surface area contributed by atoms with Crippen LogP contribution in [0.3, 0.4) is 0 Å². The molecule has 1 amide bonds. The van der Waals surface area contributed by atoms with Crippen LogP contribution in [0.2, 0.25) is 0 Å². The van der Waals surface area contributed by atoms with Crippen LogP contribution in [0.4, 0.5) is 0 Å². The number of amides is 1. The van der Waals surface area contributed by atoms with Crippen molar-refractivity contribution in [3.05, 3.63) is 107 Å². The first-order chi connectivity index (χ1) is 17.8. The molecular weight excluding hydrogens is 508 g/mol. The zero-order valence-electron chi connectivity index (χ0n) is 20.5. The normalized spacial score (nSPS) is 15.8. The Morgan fingerprint density at radius 2 is 1.76 bits per heavy atom. The molecule has 0 aliphatic carbocycles. The second-order valence-corrected chi connectivity index (χ2v) is 10.8. The molecule has 0 N–H and O–H groups in total. The van der Waals surface area contributed by atoms with E-state index in [1.807, 2.05) is 37.3 Å². The van der Waals surface area contributed by atoms with E-state index in [1.165, 1.54) is 23.1 Å². The molecule has 0 spiro atoms. The number of hydrogen-bond donors (Lipinski definition) is 0. The second kappa shape index (κ2) is 11.5. The van der Waals surface area contributed by atoms with Gasteiger partial charge in [0.25, 0.3) is 15.9 Å². The number of sulfonamides is 1. The molecule has 1 heterocycles. The number of benzene rings is 3. The Hall–Kier alpha value is -3.82. The van der Waals surface area contributed by atoms with Gasteiger partial charge in [0.05, 0.1) is 16.9 Å². The lowest BCUT2D eigenvalue weighted by atomic mass is 10.1. The molecule has 1 saturated heterocycles. The van der Waals surface area contributed by atoms with Crippen LogP contribution in [0, 0.1) is 6.92 Å². The quantitative estimate of drug-likeness (QED) is 0.269. The largest absolute Gasteiger partial charge is 0.493 e. The van der Waals surface area contributed by atoms with Gasteiger partial charge in [0.2, 0.25) is 0 Å². The third kappa shape index (κ3) is 6.31. The van der Waals surface area contributed by atoms with Crippen molar-refractivity contribution in [3.8, 4) is 11.5 Å². The van der Waals surface area contributed by atoms with E-state index >= 15 is 0 Å². The zero-order chi connectivity index (χ0) is 26.4. The summed E-state index contributed by atoms with van der Waals surface area (Å²) >= 11 is 1.00. The Bertz CT molecular complexity index is 1460. The Kier molecular flexibility index (Phi) is 8.15. The molecular formula is C28H26N2O5S2. The summed E-state index contributed by atoms with van der Waals surface area (Å²) in [6.07, 6.45) is 3.20. The maximum Gasteiger partial charge on any atom is 0.284 e. The summed E-state index contributed by atoms with van der Waals surface area (Å²) in [4.78, 5) is 14.8. The predicted octanol–water partition coefficient (Wildman–Crippen LogP) is 5.43. The number of carbonyl (C=O) groups is 1. The molecule has 0 aromatic heterocycles. The third-order valence-corrected chi connectivity index (χ3v) is 7.84. The van der Waals surface area contributed by atoms with Gasteiger partial charge in [-0.1, -0.05) is 60.2 Å². The van der Waals surface area contributed by atoms with Crippen LogP contribution in [0.5, 0.6) is 11.5 Å². The molecule has 3 aromatic carbocycles. The highest BCUT2D eigenvalue weighted by molar-refractivity contribution is 8.19. The number of amidine groups is 1. The highest BCUT2D eigenvalue weighted by Gasteiger charge is 2.34. The number of carbonyl (C=O) groups excluding carboxylic acids is 1. The van der Waals surface area contributed by atoms with E-state index in [4.69, 9.17) is 9.47 Å². The van der Waals surface area contributed by atoms with Gasteiger partial charge in [-0.3, -0.25) is 9.69 Å². The summed E-state index contributed by atoms with van der Waals surface area (Å²) in [7, 11) is -2.46. The van der Waals surface area contributed by atoms with E-state index in [0.717, 1.165) is 22.9 Å². The average molecular weight is 535 g/mol. The number of rotatable bonds is 9. The van der Waals surface area contributed by atoms with Gasteiger partial charge in [-0.2, -0.15) is 8.42 Å². The van der Waals surface area contributed by atoms with Crippen LogP contribution in [-0.2, 0) is 21.4 Å². The van der Waals surface area contributed by atoms with E-state index < -0.39 is 10.0 Å². The second-order valence-electron chi connectivity index (χ2n) is 8.16. The highest BCUT2D eigenvalue weighted by Crippen LogP contribution is 2.35. The Morgan fingerprint density at radius 3 is 2.43 bits per heavy atom. The molecule has 0 atom stereocenters. The molecule has 7 nitrogen and oxygen atoms in total. The Balaban J connectivity index is 1.59. The molecule has 9 heteroatoms. The molecule has 3 aromatic rings. The Labute approximate surface area is 221 Å². The molecule has 0 unspecified atom stereocenters. The van der Waals surface area contributed by atoms with E-state index in [1.54, 1.807) is 43.5 Å². The van der Waals surface area contributed by atoms with Crippen LogP contribution in [0.15, 0.2) is 99.6 Å². The van der Waals surface area contributed by atoms with E-state index in [-0.39, 0.29) is 22.5 Å². The van der Waals surface area contributed by atoms with Gasteiger partial charge in [0.15, 0.2) is 16.7 Å². The summed E-state index contributed by atoms with van der Waals surface area (Å²) < 4.78 is 41.2. The minimum absolute atomic E-state index is 0.0606. The fraction of sp³-hybridized carbons (Fsp3) is 0.143. The summed E-state index contributed by atoms with van der Waals surface area (Å²) in [5.74, 6) is 0.726. The number of ether oxygens (including phenoxy) is 2. The standard InChI is InChI=1S/C28H26N2O5S2/c1-4-16-30-27(31)26(36-28(30)29-37(32,33)23-13-10-20(2)11-14-23)18-22-12-15-24(25(17-22)34-3)35-19-21-8-6-5-7-9-21/h4-15,17-18H,1,16,19H2,2-3H3/b26-18-,29-28?. The van der Waals surface area contributed by atoms with Crippen molar-refractivity contribution in [2.24, 2.45) is 4.40 Å². The first kappa shape index (κ1) is 26.2. The van der Waals surface area contributed by atoms with Crippen LogP contribution >= 0.6 is 11.8 Å². The lowest BCUT2D eigenvalue weighted by Gasteiger charge is -2.12. The van der Waals surface area contributed by atoms with Crippen molar-refractivity contribution >= 4 is 38.9 Å².